The van der Waals surface area contributed by atoms with E-state index in [1.54, 1.807) is 18.2 Å². The second-order valence-corrected chi connectivity index (χ2v) is 5.76. The van der Waals surface area contributed by atoms with E-state index in [9.17, 15) is 14.9 Å². The van der Waals surface area contributed by atoms with Gasteiger partial charge in [-0.3, -0.25) is 14.9 Å². The summed E-state index contributed by atoms with van der Waals surface area (Å²) in [6.45, 7) is 0. The summed E-state index contributed by atoms with van der Waals surface area (Å²) in [6, 6.07) is 14.2. The molecule has 108 valence electrons. The summed E-state index contributed by atoms with van der Waals surface area (Å²) in [5, 5.41) is 10.8. The number of thioether (sulfide) groups is 1. The molecule has 0 spiro atoms. The molecule has 0 amide bonds. The fraction of sp³-hybridized carbons (Fsp3) is 0. The van der Waals surface area contributed by atoms with E-state index >= 15 is 0 Å². The van der Waals surface area contributed by atoms with Crippen LogP contribution in [0.4, 0.5) is 5.69 Å². The average molecular weight is 309 g/mol. The summed E-state index contributed by atoms with van der Waals surface area (Å²) in [6.07, 6.45) is 4.48. The van der Waals surface area contributed by atoms with Crippen LogP contribution in [0, 0.1) is 10.1 Å². The van der Waals surface area contributed by atoms with Gasteiger partial charge in [0.25, 0.3) is 5.69 Å². The van der Waals surface area contributed by atoms with Crippen molar-refractivity contribution in [1.82, 2.24) is 0 Å². The van der Waals surface area contributed by atoms with Crippen molar-refractivity contribution in [2.45, 2.75) is 4.90 Å². The van der Waals surface area contributed by atoms with E-state index in [-0.39, 0.29) is 5.69 Å². The molecule has 5 heteroatoms. The molecule has 4 nitrogen and oxygen atoms in total. The van der Waals surface area contributed by atoms with Gasteiger partial charge in [-0.15, -0.1) is 0 Å². The fourth-order valence-electron chi connectivity index (χ4n) is 2.22. The number of hydrogen-bond acceptors (Lipinski definition) is 4. The lowest BCUT2D eigenvalue weighted by Crippen LogP contribution is -1.95. The van der Waals surface area contributed by atoms with E-state index in [1.807, 2.05) is 36.4 Å². The Labute approximate surface area is 131 Å². The van der Waals surface area contributed by atoms with E-state index in [0.29, 0.717) is 5.57 Å². The van der Waals surface area contributed by atoms with Crippen LogP contribution >= 0.6 is 11.8 Å². The van der Waals surface area contributed by atoms with Gasteiger partial charge in [-0.05, 0) is 23.3 Å². The number of carbonyl (C=O) groups excluding carboxylic acids is 1. The van der Waals surface area contributed by atoms with Crippen LogP contribution in [0.2, 0.25) is 0 Å². The number of nitrogens with zero attached hydrogens (tertiary/aromatic N) is 1. The van der Waals surface area contributed by atoms with E-state index in [2.05, 4.69) is 0 Å². The number of hydrogen-bond donors (Lipinski definition) is 0. The van der Waals surface area contributed by atoms with Crippen molar-refractivity contribution in [3.8, 4) is 0 Å². The third kappa shape index (κ3) is 2.71. The van der Waals surface area contributed by atoms with Gasteiger partial charge in [0.2, 0.25) is 0 Å². The lowest BCUT2D eigenvalue weighted by molar-refractivity contribution is -0.384. The molecular weight excluding hydrogens is 298 g/mol. The first-order chi connectivity index (χ1) is 10.7. The molecule has 2 aromatic carbocycles. The molecular formula is C17H11NO3S. The Balaban J connectivity index is 2.03. The summed E-state index contributed by atoms with van der Waals surface area (Å²) in [5.41, 5.74) is 2.33. The largest absolute Gasteiger partial charge is 0.298 e. The molecule has 0 aliphatic carbocycles. The third-order valence-corrected chi connectivity index (χ3v) is 4.47. The highest BCUT2D eigenvalue weighted by Crippen LogP contribution is 2.40. The van der Waals surface area contributed by atoms with Gasteiger partial charge in [0.15, 0.2) is 6.29 Å². The Hall–Kier alpha value is -2.66. The molecule has 0 saturated carbocycles. The minimum atomic E-state index is -0.412. The van der Waals surface area contributed by atoms with Crippen LogP contribution in [0.1, 0.15) is 11.1 Å². The SMILES string of the molecule is O=C/C(=C1/C=Cc2cc([N+](=O)[O-])ccc2S1)c1ccccc1. The van der Waals surface area contributed by atoms with Crippen LogP contribution in [0.3, 0.4) is 0 Å². The average Bonchev–Trinajstić information content (AvgIpc) is 2.56. The smallest absolute Gasteiger partial charge is 0.270 e. The summed E-state index contributed by atoms with van der Waals surface area (Å²) < 4.78 is 0. The van der Waals surface area contributed by atoms with E-state index < -0.39 is 4.92 Å². The molecule has 0 bridgehead atoms. The fourth-order valence-corrected chi connectivity index (χ4v) is 3.25. The molecule has 0 atom stereocenters. The van der Waals surface area contributed by atoms with E-state index in [4.69, 9.17) is 0 Å². The van der Waals surface area contributed by atoms with Crippen LogP contribution in [-0.4, -0.2) is 11.2 Å². The Bertz CT molecular complexity index is 810. The van der Waals surface area contributed by atoms with Crippen LogP contribution in [0.15, 0.2) is 64.4 Å². The van der Waals surface area contributed by atoms with Gasteiger partial charge in [-0.2, -0.15) is 0 Å². The highest BCUT2D eigenvalue weighted by atomic mass is 32.2. The first-order valence-electron chi connectivity index (χ1n) is 6.58. The van der Waals surface area contributed by atoms with Crippen molar-refractivity contribution in [2.24, 2.45) is 0 Å². The zero-order valence-electron chi connectivity index (χ0n) is 11.4. The number of rotatable bonds is 3. The van der Waals surface area contributed by atoms with Crippen LogP contribution < -0.4 is 0 Å². The topological polar surface area (TPSA) is 60.2 Å². The lowest BCUT2D eigenvalue weighted by atomic mass is 10.1. The first-order valence-corrected chi connectivity index (χ1v) is 7.40. The zero-order chi connectivity index (χ0) is 15.5. The Morgan fingerprint density at radius 2 is 1.86 bits per heavy atom. The summed E-state index contributed by atoms with van der Waals surface area (Å²) in [5.74, 6) is 0. The number of nitro groups is 1. The molecule has 2 aromatic rings. The maximum atomic E-state index is 11.5. The van der Waals surface area contributed by atoms with Gasteiger partial charge in [-0.1, -0.05) is 48.2 Å². The van der Waals surface area contributed by atoms with Crippen LogP contribution in [0.5, 0.6) is 0 Å². The Kier molecular flexibility index (Phi) is 3.89. The highest BCUT2D eigenvalue weighted by molar-refractivity contribution is 8.03. The second-order valence-electron chi connectivity index (χ2n) is 4.68. The molecule has 0 fully saturated rings. The maximum Gasteiger partial charge on any atom is 0.270 e. The summed E-state index contributed by atoms with van der Waals surface area (Å²) in [7, 11) is 0. The van der Waals surface area contributed by atoms with Gasteiger partial charge in [-0.25, -0.2) is 0 Å². The molecule has 1 aliphatic heterocycles. The molecule has 22 heavy (non-hydrogen) atoms. The van der Waals surface area contributed by atoms with Gasteiger partial charge >= 0.3 is 0 Å². The monoisotopic (exact) mass is 309 g/mol. The van der Waals surface area contributed by atoms with Crippen molar-refractivity contribution in [3.05, 3.63) is 80.8 Å². The normalized spacial score (nSPS) is 15.1. The standard InChI is InChI=1S/C17H11NO3S/c19-11-15(12-4-2-1-3-5-12)17-8-6-13-10-14(18(20)21)7-9-16(13)22-17/h1-11H/b17-15+. The Morgan fingerprint density at radius 1 is 1.09 bits per heavy atom. The van der Waals surface area contributed by atoms with Gasteiger partial charge in [0.05, 0.1) is 4.92 Å². The third-order valence-electron chi connectivity index (χ3n) is 3.31. The van der Waals surface area contributed by atoms with Crippen molar-refractivity contribution in [1.29, 1.82) is 0 Å². The van der Waals surface area contributed by atoms with Gasteiger partial charge in [0, 0.05) is 27.5 Å². The number of fused-ring (bicyclic) bond motifs is 1. The van der Waals surface area contributed by atoms with E-state index in [0.717, 1.165) is 27.2 Å². The number of aldehydes is 1. The number of non-ortho nitro benzene ring substituents is 1. The zero-order valence-corrected chi connectivity index (χ0v) is 12.2. The predicted octanol–water partition coefficient (Wildman–Crippen LogP) is 4.32. The maximum absolute atomic E-state index is 11.5. The van der Waals surface area contributed by atoms with Crippen molar-refractivity contribution >= 4 is 35.4 Å². The van der Waals surface area contributed by atoms with Crippen molar-refractivity contribution in [2.75, 3.05) is 0 Å². The van der Waals surface area contributed by atoms with Gasteiger partial charge < -0.3 is 0 Å². The number of carbonyl (C=O) groups is 1. The molecule has 0 radical (unpaired) electrons. The number of benzene rings is 2. The minimum Gasteiger partial charge on any atom is -0.298 e. The first kappa shape index (κ1) is 14.3. The van der Waals surface area contributed by atoms with Crippen molar-refractivity contribution in [3.63, 3.8) is 0 Å². The molecule has 0 saturated heterocycles. The lowest BCUT2D eigenvalue weighted by Gasteiger charge is -2.14. The van der Waals surface area contributed by atoms with E-state index in [1.165, 1.54) is 17.8 Å². The summed E-state index contributed by atoms with van der Waals surface area (Å²) in [4.78, 5) is 23.6. The molecule has 0 N–H and O–H groups in total. The number of nitro benzene ring substituents is 1. The molecule has 0 unspecified atom stereocenters. The van der Waals surface area contributed by atoms with Crippen molar-refractivity contribution < 1.29 is 9.72 Å². The van der Waals surface area contributed by atoms with Crippen LogP contribution in [0.25, 0.3) is 11.6 Å². The minimum absolute atomic E-state index is 0.0649. The molecule has 0 aromatic heterocycles. The quantitative estimate of drug-likeness (QED) is 0.366. The molecule has 1 heterocycles. The summed E-state index contributed by atoms with van der Waals surface area (Å²) >= 11 is 1.44. The molecule has 1 aliphatic rings. The van der Waals surface area contributed by atoms with Gasteiger partial charge in [0.1, 0.15) is 0 Å². The Morgan fingerprint density at radius 3 is 2.55 bits per heavy atom. The second kappa shape index (κ2) is 5.99. The number of allylic oxidation sites excluding steroid dienone is 2. The highest BCUT2D eigenvalue weighted by Gasteiger charge is 2.16. The van der Waals surface area contributed by atoms with Crippen LogP contribution in [-0.2, 0) is 4.79 Å². The molecule has 3 rings (SSSR count). The predicted molar refractivity (Wildman–Crippen MR) is 87.4 cm³/mol.